The van der Waals surface area contributed by atoms with Crippen LogP contribution in [0.1, 0.15) is 5.56 Å². The van der Waals surface area contributed by atoms with Crippen molar-refractivity contribution in [2.45, 2.75) is 0 Å². The van der Waals surface area contributed by atoms with E-state index in [0.29, 0.717) is 22.9 Å². The van der Waals surface area contributed by atoms with E-state index in [9.17, 15) is 4.39 Å². The van der Waals surface area contributed by atoms with Gasteiger partial charge in [-0.2, -0.15) is 0 Å². The molecule has 0 aliphatic rings. The summed E-state index contributed by atoms with van der Waals surface area (Å²) >= 11 is 4.90. The van der Waals surface area contributed by atoms with Gasteiger partial charge in [0, 0.05) is 23.9 Å². The number of nitrogens with one attached hydrogen (secondary N) is 1. The Morgan fingerprint density at radius 2 is 1.76 bits per heavy atom. The van der Waals surface area contributed by atoms with E-state index in [4.69, 9.17) is 27.4 Å². The third-order valence-electron chi connectivity index (χ3n) is 2.89. The van der Waals surface area contributed by atoms with E-state index >= 15 is 0 Å². The maximum Gasteiger partial charge on any atom is 0.135 e. The summed E-state index contributed by atoms with van der Waals surface area (Å²) in [5, 5.41) is 3.08. The molecule has 6 heteroatoms. The summed E-state index contributed by atoms with van der Waals surface area (Å²) in [5.41, 5.74) is 6.92. The summed E-state index contributed by atoms with van der Waals surface area (Å²) < 4.78 is 24.2. The minimum absolute atomic E-state index is 0.00883. The second-order valence-corrected chi connectivity index (χ2v) is 4.69. The number of ether oxygens (including phenoxy) is 2. The van der Waals surface area contributed by atoms with Gasteiger partial charge in [0.1, 0.15) is 22.3 Å². The van der Waals surface area contributed by atoms with Crippen LogP contribution in [0.4, 0.5) is 15.8 Å². The van der Waals surface area contributed by atoms with Crippen LogP contribution >= 0.6 is 12.2 Å². The maximum atomic E-state index is 13.8. The molecule has 21 heavy (non-hydrogen) atoms. The number of benzene rings is 2. The first-order chi connectivity index (χ1) is 10.0. The normalized spacial score (nSPS) is 10.0. The van der Waals surface area contributed by atoms with Gasteiger partial charge in [-0.05, 0) is 12.1 Å². The van der Waals surface area contributed by atoms with Crippen molar-refractivity contribution in [3.63, 3.8) is 0 Å². The molecule has 0 heterocycles. The maximum absolute atomic E-state index is 13.8. The molecular formula is C15H15FN2O2S. The van der Waals surface area contributed by atoms with Crippen LogP contribution in [-0.2, 0) is 0 Å². The van der Waals surface area contributed by atoms with Crippen molar-refractivity contribution in [2.24, 2.45) is 5.73 Å². The lowest BCUT2D eigenvalue weighted by atomic mass is 10.1. The number of halogens is 1. The van der Waals surface area contributed by atoms with Gasteiger partial charge < -0.3 is 20.5 Å². The van der Waals surface area contributed by atoms with Gasteiger partial charge in [0.05, 0.1) is 25.5 Å². The number of methoxy groups -OCH3 is 2. The molecule has 2 aromatic carbocycles. The largest absolute Gasteiger partial charge is 0.497 e. The molecule has 0 bridgehead atoms. The minimum Gasteiger partial charge on any atom is -0.497 e. The van der Waals surface area contributed by atoms with Gasteiger partial charge in [0.2, 0.25) is 0 Å². The summed E-state index contributed by atoms with van der Waals surface area (Å²) in [6, 6.07) is 9.85. The average molecular weight is 306 g/mol. The first-order valence-electron chi connectivity index (χ1n) is 6.13. The number of nitrogens with two attached hydrogens (primary N) is 1. The Morgan fingerprint density at radius 3 is 2.29 bits per heavy atom. The van der Waals surface area contributed by atoms with Gasteiger partial charge in [-0.25, -0.2) is 4.39 Å². The Balaban J connectivity index is 2.43. The van der Waals surface area contributed by atoms with E-state index in [1.54, 1.807) is 44.6 Å². The van der Waals surface area contributed by atoms with Crippen LogP contribution in [0.5, 0.6) is 11.5 Å². The molecule has 2 rings (SSSR count). The number of hydrogen-bond donors (Lipinski definition) is 2. The smallest absolute Gasteiger partial charge is 0.135 e. The third-order valence-corrected chi connectivity index (χ3v) is 3.09. The lowest BCUT2D eigenvalue weighted by Gasteiger charge is -2.14. The van der Waals surface area contributed by atoms with Gasteiger partial charge >= 0.3 is 0 Å². The third kappa shape index (κ3) is 3.41. The zero-order valence-corrected chi connectivity index (χ0v) is 12.5. The van der Waals surface area contributed by atoms with Gasteiger partial charge in [-0.15, -0.1) is 0 Å². The molecule has 4 nitrogen and oxygen atoms in total. The van der Waals surface area contributed by atoms with Crippen molar-refractivity contribution in [3.05, 3.63) is 47.8 Å². The van der Waals surface area contributed by atoms with Crippen LogP contribution in [-0.4, -0.2) is 19.2 Å². The summed E-state index contributed by atoms with van der Waals surface area (Å²) in [7, 11) is 3.11. The highest BCUT2D eigenvalue weighted by atomic mass is 32.1. The molecule has 0 fully saturated rings. The van der Waals surface area contributed by atoms with Crippen molar-refractivity contribution in [2.75, 3.05) is 19.5 Å². The molecule has 0 atom stereocenters. The molecule has 3 N–H and O–H groups in total. The highest BCUT2D eigenvalue weighted by Gasteiger charge is 2.12. The summed E-state index contributed by atoms with van der Waals surface area (Å²) in [5.74, 6) is 0.762. The van der Waals surface area contributed by atoms with Crippen molar-refractivity contribution in [3.8, 4) is 11.5 Å². The molecule has 0 amide bonds. The predicted molar refractivity (Wildman–Crippen MR) is 85.1 cm³/mol. The summed E-state index contributed by atoms with van der Waals surface area (Å²) in [6.45, 7) is 0. The standard InChI is InChI=1S/C15H15FN2O2S/c1-19-10-6-9(7-11(8-10)20-2)18-13-5-3-4-12(16)14(13)15(17)21/h3-8,18H,1-2H3,(H2,17,21). The molecule has 2 aromatic rings. The van der Waals surface area contributed by atoms with Crippen LogP contribution < -0.4 is 20.5 Å². The summed E-state index contributed by atoms with van der Waals surface area (Å²) in [6.07, 6.45) is 0. The SMILES string of the molecule is COc1cc(Nc2cccc(F)c2C(N)=S)cc(OC)c1. The Hall–Kier alpha value is -2.34. The second kappa shape index (κ2) is 6.41. The lowest BCUT2D eigenvalue weighted by molar-refractivity contribution is 0.395. The Morgan fingerprint density at radius 1 is 1.14 bits per heavy atom. The van der Waals surface area contributed by atoms with E-state index in [1.807, 2.05) is 0 Å². The van der Waals surface area contributed by atoms with Crippen molar-refractivity contribution in [1.82, 2.24) is 0 Å². The Labute approximate surface area is 127 Å². The zero-order valence-electron chi connectivity index (χ0n) is 11.6. The van der Waals surface area contributed by atoms with E-state index in [2.05, 4.69) is 5.32 Å². The molecule has 0 aromatic heterocycles. The molecule has 0 aliphatic carbocycles. The number of anilines is 2. The monoisotopic (exact) mass is 306 g/mol. The highest BCUT2D eigenvalue weighted by Crippen LogP contribution is 2.29. The highest BCUT2D eigenvalue weighted by molar-refractivity contribution is 7.80. The van der Waals surface area contributed by atoms with Crippen molar-refractivity contribution in [1.29, 1.82) is 0 Å². The molecule has 0 saturated heterocycles. The zero-order chi connectivity index (χ0) is 15.4. The fourth-order valence-corrected chi connectivity index (χ4v) is 2.12. The van der Waals surface area contributed by atoms with Crippen LogP contribution in [0.2, 0.25) is 0 Å². The number of thiocarbonyl (C=S) groups is 1. The van der Waals surface area contributed by atoms with Crippen LogP contribution in [0.3, 0.4) is 0 Å². The molecule has 0 aliphatic heterocycles. The molecule has 0 radical (unpaired) electrons. The molecule has 0 saturated carbocycles. The van der Waals surface area contributed by atoms with E-state index < -0.39 is 5.82 Å². The number of rotatable bonds is 5. The van der Waals surface area contributed by atoms with Crippen LogP contribution in [0.15, 0.2) is 36.4 Å². The van der Waals surface area contributed by atoms with Crippen molar-refractivity contribution >= 4 is 28.6 Å². The van der Waals surface area contributed by atoms with Crippen molar-refractivity contribution < 1.29 is 13.9 Å². The quantitative estimate of drug-likeness (QED) is 0.831. The predicted octanol–water partition coefficient (Wildman–Crippen LogP) is 3.22. The molecule has 0 unspecified atom stereocenters. The van der Waals surface area contributed by atoms with E-state index in [-0.39, 0.29) is 10.6 Å². The average Bonchev–Trinajstić information content (AvgIpc) is 2.46. The molecule has 110 valence electrons. The van der Waals surface area contributed by atoms with Crippen LogP contribution in [0, 0.1) is 5.82 Å². The topological polar surface area (TPSA) is 56.5 Å². The van der Waals surface area contributed by atoms with Gasteiger partial charge in [0.25, 0.3) is 0 Å². The second-order valence-electron chi connectivity index (χ2n) is 4.25. The lowest BCUT2D eigenvalue weighted by Crippen LogP contribution is -2.14. The van der Waals surface area contributed by atoms with Crippen LogP contribution in [0.25, 0.3) is 0 Å². The number of hydrogen-bond acceptors (Lipinski definition) is 4. The Bertz CT molecular complexity index is 654. The summed E-state index contributed by atoms with van der Waals surface area (Å²) in [4.78, 5) is -0.00883. The van der Waals surface area contributed by atoms with E-state index in [1.165, 1.54) is 6.07 Å². The molecule has 0 spiro atoms. The van der Waals surface area contributed by atoms with E-state index in [0.717, 1.165) is 0 Å². The minimum atomic E-state index is -0.470. The Kier molecular flexibility index (Phi) is 4.59. The fraction of sp³-hybridized carbons (Fsp3) is 0.133. The van der Waals surface area contributed by atoms with Gasteiger partial charge in [-0.1, -0.05) is 18.3 Å². The fourth-order valence-electron chi connectivity index (χ4n) is 1.91. The first-order valence-corrected chi connectivity index (χ1v) is 6.54. The molecular weight excluding hydrogens is 291 g/mol. The van der Waals surface area contributed by atoms with Gasteiger partial charge in [-0.3, -0.25) is 0 Å². The van der Waals surface area contributed by atoms with Gasteiger partial charge in [0.15, 0.2) is 0 Å². The first kappa shape index (κ1) is 15.1.